The second-order valence-electron chi connectivity index (χ2n) is 16.2. The van der Waals surface area contributed by atoms with Crippen LogP contribution in [-0.2, 0) is 11.3 Å². The Labute approximate surface area is 332 Å². The quantitative estimate of drug-likeness (QED) is 0.215. The molecule has 3 fully saturated rings. The third kappa shape index (κ3) is 7.36. The monoisotopic (exact) mass is 775 g/mol. The molecule has 0 bridgehead atoms. The molecule has 11 nitrogen and oxygen atoms in total. The Morgan fingerprint density at radius 3 is 2.33 bits per heavy atom. The maximum atomic E-state index is 14.4. The molecule has 57 heavy (non-hydrogen) atoms. The number of rotatable bonds is 8. The average Bonchev–Trinajstić information content (AvgIpc) is 3.56. The highest BCUT2D eigenvalue weighted by atomic mass is 19.1. The van der Waals surface area contributed by atoms with Crippen LogP contribution in [0.25, 0.3) is 0 Å². The fourth-order valence-corrected chi connectivity index (χ4v) is 9.72. The van der Waals surface area contributed by atoms with Crippen LogP contribution in [0.2, 0.25) is 0 Å². The van der Waals surface area contributed by atoms with Gasteiger partial charge in [-0.15, -0.1) is 0 Å². The number of nitrogens with zero attached hydrogens (tertiary/aromatic N) is 4. The van der Waals surface area contributed by atoms with Gasteiger partial charge in [-0.3, -0.25) is 14.5 Å². The molecule has 3 saturated heterocycles. The lowest BCUT2D eigenvalue weighted by Gasteiger charge is -2.40. The molecule has 2 amide bonds. The lowest BCUT2D eigenvalue weighted by atomic mass is 9.75. The van der Waals surface area contributed by atoms with E-state index in [2.05, 4.69) is 50.3 Å². The summed E-state index contributed by atoms with van der Waals surface area (Å²) in [5.74, 6) is 0.919. The zero-order valence-electron chi connectivity index (χ0n) is 32.3. The molecule has 3 unspecified atom stereocenters. The van der Waals surface area contributed by atoms with Crippen LogP contribution in [0, 0.1) is 11.7 Å². The van der Waals surface area contributed by atoms with Crippen LogP contribution in [0.15, 0.2) is 78.9 Å². The van der Waals surface area contributed by atoms with Crippen LogP contribution in [0.5, 0.6) is 17.2 Å². The van der Waals surface area contributed by atoms with Crippen molar-refractivity contribution in [3.8, 4) is 17.2 Å². The summed E-state index contributed by atoms with van der Waals surface area (Å²) in [5.41, 5.74) is 7.08. The molecule has 0 spiro atoms. The number of carbonyl (C=O) groups excluding carboxylic acids is 2. The van der Waals surface area contributed by atoms with E-state index in [1.54, 1.807) is 23.1 Å². The highest BCUT2D eigenvalue weighted by molar-refractivity contribution is 5.99. The van der Waals surface area contributed by atoms with E-state index in [-0.39, 0.29) is 35.1 Å². The summed E-state index contributed by atoms with van der Waals surface area (Å²) in [5, 5.41) is 23.2. The SMILES string of the molecule is COc1cc(C2COc3cc(O)ccc3[C@H]2c2ccc(N3CCC(CN4CCN(c5ccc6c(c5)CN(C5CCC(=O)NC5O)C6=O)CC4)CC3)cc2)ccc1F. The number of fused-ring (bicyclic) bond motifs is 2. The highest BCUT2D eigenvalue weighted by Gasteiger charge is 2.39. The highest BCUT2D eigenvalue weighted by Crippen LogP contribution is 2.48. The van der Waals surface area contributed by atoms with Gasteiger partial charge in [-0.05, 0) is 90.4 Å². The molecular formula is C45H50FN5O6. The number of anilines is 2. The Kier molecular flexibility index (Phi) is 10.2. The molecule has 5 heterocycles. The van der Waals surface area contributed by atoms with Gasteiger partial charge < -0.3 is 39.7 Å². The summed E-state index contributed by atoms with van der Waals surface area (Å²) in [6.45, 7) is 7.83. The van der Waals surface area contributed by atoms with Gasteiger partial charge in [-0.25, -0.2) is 4.39 Å². The fraction of sp³-hybridized carbons (Fsp3) is 0.422. The van der Waals surface area contributed by atoms with Gasteiger partial charge in [-0.1, -0.05) is 24.3 Å². The van der Waals surface area contributed by atoms with Gasteiger partial charge in [0.25, 0.3) is 5.91 Å². The number of carbonyl (C=O) groups is 2. The van der Waals surface area contributed by atoms with Crippen LogP contribution >= 0.6 is 0 Å². The van der Waals surface area contributed by atoms with Crippen molar-refractivity contribution in [2.24, 2.45) is 5.92 Å². The van der Waals surface area contributed by atoms with Crippen molar-refractivity contribution in [3.63, 3.8) is 0 Å². The summed E-state index contributed by atoms with van der Waals surface area (Å²) in [7, 11) is 1.48. The maximum absolute atomic E-state index is 14.4. The third-order valence-corrected chi connectivity index (χ3v) is 12.9. The Balaban J connectivity index is 0.791. The number of piperazine rings is 1. The second-order valence-corrected chi connectivity index (χ2v) is 16.2. The molecule has 4 atom stereocenters. The van der Waals surface area contributed by atoms with Gasteiger partial charge in [0.15, 0.2) is 11.6 Å². The Morgan fingerprint density at radius 2 is 1.58 bits per heavy atom. The molecule has 0 aromatic heterocycles. The minimum absolute atomic E-state index is 0.0462. The number of piperidine rings is 2. The Morgan fingerprint density at radius 1 is 0.842 bits per heavy atom. The number of aliphatic hydroxyl groups excluding tert-OH is 1. The number of aliphatic hydroxyl groups is 1. The maximum Gasteiger partial charge on any atom is 0.254 e. The normalized spacial score (nSPS) is 24.2. The van der Waals surface area contributed by atoms with Gasteiger partial charge in [0.1, 0.15) is 17.7 Å². The topological polar surface area (TPSA) is 118 Å². The van der Waals surface area contributed by atoms with E-state index >= 15 is 0 Å². The second kappa shape index (κ2) is 15.5. The first kappa shape index (κ1) is 37.3. The molecule has 0 aliphatic carbocycles. The van der Waals surface area contributed by atoms with E-state index in [4.69, 9.17) is 9.47 Å². The average molecular weight is 776 g/mol. The molecule has 4 aromatic carbocycles. The number of phenolic OH excluding ortho intramolecular Hbond substituents is 1. The number of halogens is 1. The Hall–Kier alpha value is -5.33. The van der Waals surface area contributed by atoms with Crippen molar-refractivity contribution >= 4 is 23.2 Å². The van der Waals surface area contributed by atoms with Crippen LogP contribution in [0.1, 0.15) is 70.1 Å². The van der Waals surface area contributed by atoms with Gasteiger partial charge in [0.05, 0.1) is 19.8 Å². The van der Waals surface area contributed by atoms with E-state index in [0.717, 1.165) is 86.6 Å². The minimum Gasteiger partial charge on any atom is -0.508 e. The van der Waals surface area contributed by atoms with Gasteiger partial charge in [0, 0.05) is 99.2 Å². The third-order valence-electron chi connectivity index (χ3n) is 12.9. The summed E-state index contributed by atoms with van der Waals surface area (Å²) in [6.07, 6.45) is 2.02. The van der Waals surface area contributed by atoms with Crippen molar-refractivity contribution < 1.29 is 33.7 Å². The molecule has 3 N–H and O–H groups in total. The smallest absolute Gasteiger partial charge is 0.254 e. The van der Waals surface area contributed by atoms with Crippen molar-refractivity contribution in [2.45, 2.75) is 56.3 Å². The number of hydrogen-bond donors (Lipinski definition) is 3. The van der Waals surface area contributed by atoms with Crippen LogP contribution in [0.4, 0.5) is 15.8 Å². The number of benzene rings is 4. The molecule has 4 aromatic rings. The lowest BCUT2D eigenvalue weighted by molar-refractivity contribution is -0.129. The summed E-state index contributed by atoms with van der Waals surface area (Å²) in [6, 6.07) is 24.9. The number of ether oxygens (including phenoxy) is 2. The summed E-state index contributed by atoms with van der Waals surface area (Å²) >= 11 is 0. The zero-order valence-corrected chi connectivity index (χ0v) is 32.3. The number of aromatic hydroxyl groups is 1. The van der Waals surface area contributed by atoms with Crippen molar-refractivity contribution in [1.29, 1.82) is 0 Å². The van der Waals surface area contributed by atoms with Crippen molar-refractivity contribution in [2.75, 3.05) is 69.3 Å². The van der Waals surface area contributed by atoms with E-state index in [1.165, 1.54) is 18.9 Å². The molecule has 9 rings (SSSR count). The molecule has 5 aliphatic rings. The number of phenols is 1. The van der Waals surface area contributed by atoms with Gasteiger partial charge >= 0.3 is 0 Å². The molecular weight excluding hydrogens is 726 g/mol. The first-order valence-electron chi connectivity index (χ1n) is 20.2. The molecule has 298 valence electrons. The van der Waals surface area contributed by atoms with E-state index in [0.29, 0.717) is 43.2 Å². The number of nitrogens with one attached hydrogen (secondary N) is 1. The first-order valence-corrected chi connectivity index (χ1v) is 20.2. The van der Waals surface area contributed by atoms with Crippen molar-refractivity contribution in [1.82, 2.24) is 15.1 Å². The summed E-state index contributed by atoms with van der Waals surface area (Å²) in [4.78, 5) is 34.1. The predicted octanol–water partition coefficient (Wildman–Crippen LogP) is 5.44. The zero-order chi connectivity index (χ0) is 39.2. The molecule has 0 saturated carbocycles. The largest absolute Gasteiger partial charge is 0.508 e. The minimum atomic E-state index is -1.04. The summed E-state index contributed by atoms with van der Waals surface area (Å²) < 4.78 is 25.8. The lowest BCUT2D eigenvalue weighted by Crippen LogP contribution is -2.55. The van der Waals surface area contributed by atoms with E-state index < -0.39 is 18.1 Å². The first-order chi connectivity index (χ1) is 27.7. The van der Waals surface area contributed by atoms with Crippen LogP contribution in [-0.4, -0.2) is 104 Å². The molecule has 5 aliphatic heterocycles. The number of hydrogen-bond acceptors (Lipinski definition) is 9. The van der Waals surface area contributed by atoms with Gasteiger partial charge in [-0.2, -0.15) is 0 Å². The number of amides is 2. The molecule has 12 heteroatoms. The van der Waals surface area contributed by atoms with E-state index in [9.17, 15) is 24.2 Å². The predicted molar refractivity (Wildman–Crippen MR) is 215 cm³/mol. The Bertz CT molecular complexity index is 2130. The molecule has 0 radical (unpaired) electrons. The fourth-order valence-electron chi connectivity index (χ4n) is 9.72. The van der Waals surface area contributed by atoms with E-state index in [1.807, 2.05) is 24.3 Å². The van der Waals surface area contributed by atoms with Crippen LogP contribution < -0.4 is 24.6 Å². The standard InChI is InChI=1S/C45H50FN5O6/c1-56-41-23-30(4-11-38(41)46)37-27-57-40-24-34(52)8-10-36(40)43(37)29-2-5-32(6-3-29)49-16-14-28(15-17-49)25-48-18-20-50(21-19-48)33-7-9-35-31(22-33)26-51(45(35)55)39-12-13-42(53)47-44(39)54/h2-11,22-24,28,37,39,43-44,52,54H,12-21,25-27H2,1H3,(H,47,53)/t37?,39?,43-,44?/m1/s1. The van der Waals surface area contributed by atoms with Crippen molar-refractivity contribution in [3.05, 3.63) is 112 Å². The van der Waals surface area contributed by atoms with Crippen LogP contribution in [0.3, 0.4) is 0 Å². The number of methoxy groups -OCH3 is 1. The van der Waals surface area contributed by atoms with Gasteiger partial charge in [0.2, 0.25) is 5.91 Å².